The van der Waals surface area contributed by atoms with E-state index in [4.69, 9.17) is 4.42 Å². The summed E-state index contributed by atoms with van der Waals surface area (Å²) in [6, 6.07) is 21.0. The fourth-order valence-corrected chi connectivity index (χ4v) is 6.16. The third-order valence-electron chi connectivity index (χ3n) is 6.04. The number of benzene rings is 3. The average Bonchev–Trinajstić information content (AvgIpc) is 3.47. The first-order valence-corrected chi connectivity index (χ1v) is 13.0. The van der Waals surface area contributed by atoms with Crippen LogP contribution in [0.5, 0.6) is 5.75 Å². The van der Waals surface area contributed by atoms with Crippen molar-refractivity contribution in [2.75, 3.05) is 4.90 Å². The molecule has 178 valence electrons. The molecule has 0 spiro atoms. The van der Waals surface area contributed by atoms with Crippen LogP contribution in [0, 0.1) is 6.92 Å². The van der Waals surface area contributed by atoms with Crippen LogP contribution in [0.4, 0.5) is 5.13 Å². The summed E-state index contributed by atoms with van der Waals surface area (Å²) in [7, 11) is 0. The van der Waals surface area contributed by atoms with Gasteiger partial charge in [0.15, 0.2) is 9.77 Å². The van der Waals surface area contributed by atoms with Crippen molar-refractivity contribution in [1.82, 2.24) is 10.2 Å². The second-order valence-electron chi connectivity index (χ2n) is 8.47. The second kappa shape index (κ2) is 8.92. The van der Waals surface area contributed by atoms with Crippen molar-refractivity contribution >= 4 is 45.1 Å². The number of amides is 1. The number of rotatable bonds is 5. The molecule has 0 fully saturated rings. The van der Waals surface area contributed by atoms with Gasteiger partial charge in [0.05, 0.1) is 17.0 Å². The molecule has 9 heteroatoms. The minimum atomic E-state index is -0.755. The van der Waals surface area contributed by atoms with Gasteiger partial charge in [-0.3, -0.25) is 14.5 Å². The van der Waals surface area contributed by atoms with Crippen molar-refractivity contribution in [2.45, 2.75) is 23.1 Å². The van der Waals surface area contributed by atoms with Gasteiger partial charge < -0.3 is 9.52 Å². The molecule has 0 bridgehead atoms. The third-order valence-corrected chi connectivity index (χ3v) is 8.17. The lowest BCUT2D eigenvalue weighted by atomic mass is 9.98. The number of hydrogen-bond donors (Lipinski definition) is 1. The van der Waals surface area contributed by atoms with Crippen molar-refractivity contribution in [2.24, 2.45) is 0 Å². The fraction of sp³-hybridized carbons (Fsp3) is 0.111. The Morgan fingerprint density at radius 1 is 1.03 bits per heavy atom. The van der Waals surface area contributed by atoms with Crippen molar-refractivity contribution in [3.8, 4) is 5.75 Å². The van der Waals surface area contributed by atoms with E-state index in [9.17, 15) is 14.7 Å². The molecule has 2 aromatic heterocycles. The van der Waals surface area contributed by atoms with Gasteiger partial charge in [0, 0.05) is 5.75 Å². The monoisotopic (exact) mass is 513 g/mol. The Labute approximate surface area is 214 Å². The van der Waals surface area contributed by atoms with Crippen molar-refractivity contribution in [1.29, 1.82) is 0 Å². The second-order valence-corrected chi connectivity index (χ2v) is 10.6. The summed E-state index contributed by atoms with van der Waals surface area (Å²) in [5.74, 6) is 0.364. The number of aromatic hydroxyl groups is 1. The van der Waals surface area contributed by atoms with Crippen molar-refractivity contribution in [3.05, 3.63) is 111 Å². The number of anilines is 1. The van der Waals surface area contributed by atoms with Gasteiger partial charge in [-0.2, -0.15) is 0 Å². The smallest absolute Gasteiger partial charge is 0.297 e. The fourth-order valence-electron chi connectivity index (χ4n) is 4.33. The lowest BCUT2D eigenvalue weighted by Crippen LogP contribution is -2.29. The first kappa shape index (κ1) is 22.5. The Bertz CT molecular complexity index is 1660. The van der Waals surface area contributed by atoms with E-state index < -0.39 is 11.9 Å². The maximum absolute atomic E-state index is 13.7. The quantitative estimate of drug-likeness (QED) is 0.238. The molecule has 5 aromatic rings. The molecule has 1 unspecified atom stereocenters. The zero-order valence-electron chi connectivity index (χ0n) is 19.0. The highest BCUT2D eigenvalue weighted by molar-refractivity contribution is 8.00. The van der Waals surface area contributed by atoms with Crippen LogP contribution in [0.25, 0.3) is 11.0 Å². The van der Waals surface area contributed by atoms with E-state index in [1.54, 1.807) is 24.3 Å². The highest BCUT2D eigenvalue weighted by Crippen LogP contribution is 2.43. The molecule has 3 aromatic carbocycles. The number of aromatic nitrogens is 2. The van der Waals surface area contributed by atoms with E-state index in [1.807, 2.05) is 43.3 Å². The summed E-state index contributed by atoms with van der Waals surface area (Å²) in [6.45, 7) is 1.90. The first-order chi connectivity index (χ1) is 17.5. The van der Waals surface area contributed by atoms with Gasteiger partial charge in [0.25, 0.3) is 5.91 Å². The van der Waals surface area contributed by atoms with Crippen LogP contribution < -0.4 is 10.3 Å². The van der Waals surface area contributed by atoms with Gasteiger partial charge in [-0.25, -0.2) is 0 Å². The molecule has 0 aliphatic carbocycles. The molecular formula is C27H19N3O4S2. The van der Waals surface area contributed by atoms with Crippen LogP contribution in [0.1, 0.15) is 38.9 Å². The molecule has 1 amide bonds. The molecule has 0 saturated heterocycles. The largest absolute Gasteiger partial charge is 0.508 e. The van der Waals surface area contributed by atoms with Gasteiger partial charge in [-0.1, -0.05) is 77.2 Å². The Morgan fingerprint density at radius 3 is 2.58 bits per heavy atom. The lowest BCUT2D eigenvalue weighted by Gasteiger charge is -2.22. The van der Waals surface area contributed by atoms with E-state index in [0.29, 0.717) is 26.0 Å². The molecule has 1 N–H and O–H groups in total. The minimum absolute atomic E-state index is 0.00289. The molecule has 3 heterocycles. The lowest BCUT2D eigenvalue weighted by molar-refractivity contribution is 0.0970. The standard InChI is InChI=1S/C27H19N3O4S2/c1-15-7-12-20-19(13-15)23(32)21-22(17-8-10-18(31)11-9-17)30(25(33)24(21)34-20)26-28-29-27(36-26)35-14-16-5-3-2-4-6-16/h2-13,22,31H,14H2,1H3. The van der Waals surface area contributed by atoms with E-state index in [0.717, 1.165) is 16.9 Å². The maximum atomic E-state index is 13.7. The zero-order chi connectivity index (χ0) is 24.8. The van der Waals surface area contributed by atoms with Crippen LogP contribution in [0.3, 0.4) is 0 Å². The summed E-state index contributed by atoms with van der Waals surface area (Å²) < 4.78 is 6.71. The number of nitrogens with zero attached hydrogens (tertiary/aromatic N) is 3. The number of phenols is 1. The summed E-state index contributed by atoms with van der Waals surface area (Å²) in [5.41, 5.74) is 3.10. The van der Waals surface area contributed by atoms with Gasteiger partial charge in [0.1, 0.15) is 11.3 Å². The normalized spacial score (nSPS) is 15.0. The summed E-state index contributed by atoms with van der Waals surface area (Å²) >= 11 is 2.82. The molecule has 0 radical (unpaired) electrons. The molecule has 7 nitrogen and oxygen atoms in total. The van der Waals surface area contributed by atoms with E-state index >= 15 is 0 Å². The Hall–Kier alpha value is -3.95. The molecule has 1 atom stereocenters. The number of carbonyl (C=O) groups excluding carboxylic acids is 1. The highest BCUT2D eigenvalue weighted by atomic mass is 32.2. The molecule has 1 aliphatic rings. The number of aryl methyl sites for hydroxylation is 1. The number of hydrogen-bond acceptors (Lipinski definition) is 8. The van der Waals surface area contributed by atoms with Gasteiger partial charge in [0.2, 0.25) is 10.9 Å². The van der Waals surface area contributed by atoms with Crippen LogP contribution in [0.2, 0.25) is 0 Å². The molecule has 36 heavy (non-hydrogen) atoms. The molecular weight excluding hydrogens is 494 g/mol. The van der Waals surface area contributed by atoms with E-state index in [2.05, 4.69) is 10.2 Å². The van der Waals surface area contributed by atoms with Crippen LogP contribution in [0.15, 0.2) is 86.3 Å². The predicted octanol–water partition coefficient (Wildman–Crippen LogP) is 5.70. The van der Waals surface area contributed by atoms with E-state index in [-0.39, 0.29) is 22.5 Å². The van der Waals surface area contributed by atoms with Crippen molar-refractivity contribution < 1.29 is 14.3 Å². The summed E-state index contributed by atoms with van der Waals surface area (Å²) in [6.07, 6.45) is 0. The summed E-state index contributed by atoms with van der Waals surface area (Å²) in [5, 5.41) is 19.2. The highest BCUT2D eigenvalue weighted by Gasteiger charge is 2.45. The first-order valence-electron chi connectivity index (χ1n) is 11.2. The van der Waals surface area contributed by atoms with Crippen LogP contribution in [-0.4, -0.2) is 21.2 Å². The average molecular weight is 514 g/mol. The molecule has 1 aliphatic heterocycles. The Kier molecular flexibility index (Phi) is 5.58. The topological polar surface area (TPSA) is 96.5 Å². The van der Waals surface area contributed by atoms with E-state index in [1.165, 1.54) is 40.1 Å². The van der Waals surface area contributed by atoms with Gasteiger partial charge in [-0.05, 0) is 42.3 Å². The maximum Gasteiger partial charge on any atom is 0.297 e. The number of carbonyl (C=O) groups is 1. The minimum Gasteiger partial charge on any atom is -0.508 e. The zero-order valence-corrected chi connectivity index (χ0v) is 20.7. The molecule has 6 rings (SSSR count). The van der Waals surface area contributed by atoms with Gasteiger partial charge in [-0.15, -0.1) is 10.2 Å². The number of thioether (sulfide) groups is 1. The predicted molar refractivity (Wildman–Crippen MR) is 140 cm³/mol. The van der Waals surface area contributed by atoms with Gasteiger partial charge >= 0.3 is 0 Å². The van der Waals surface area contributed by atoms with Crippen LogP contribution >= 0.6 is 23.1 Å². The Morgan fingerprint density at radius 2 is 1.81 bits per heavy atom. The van der Waals surface area contributed by atoms with Crippen molar-refractivity contribution in [3.63, 3.8) is 0 Å². The van der Waals surface area contributed by atoms with Crippen LogP contribution in [-0.2, 0) is 5.75 Å². The third kappa shape index (κ3) is 3.86. The number of phenolic OH excluding ortho intramolecular Hbond substituents is 1. The molecule has 0 saturated carbocycles. The number of fused-ring (bicyclic) bond motifs is 2. The Balaban J connectivity index is 1.45. The summed E-state index contributed by atoms with van der Waals surface area (Å²) in [4.78, 5) is 28.8. The SMILES string of the molecule is Cc1ccc2oc3c(c(=O)c2c1)C(c1ccc(O)cc1)N(c1nnc(SCc2ccccc2)s1)C3=O.